The van der Waals surface area contributed by atoms with Gasteiger partial charge in [-0.15, -0.1) is 0 Å². The van der Waals surface area contributed by atoms with E-state index in [4.69, 9.17) is 21.1 Å². The molecule has 0 bridgehead atoms. The van der Waals surface area contributed by atoms with Crippen LogP contribution in [0, 0.1) is 0 Å². The van der Waals surface area contributed by atoms with Crippen LogP contribution in [0.25, 0.3) is 0 Å². The molecule has 1 aromatic carbocycles. The standard InChI is InChI=1S/C9H10FNO4/c10-7(8(11)9(14)15)4-1-2-5(12)6(13)3-4/h1-3,7-8,12-13H,11H2,(H,14,15)/t7?,8-/m0/s1. The number of nitrogens with two attached hydrogens (primary N) is 1. The van der Waals surface area contributed by atoms with Gasteiger partial charge in [0.05, 0.1) is 0 Å². The molecule has 5 nitrogen and oxygen atoms in total. The molecule has 0 aromatic heterocycles. The van der Waals surface area contributed by atoms with E-state index >= 15 is 0 Å². The number of phenolic OH excluding ortho intramolecular Hbond substituents is 2. The SMILES string of the molecule is N[C@H](C(=O)O)C(F)c1ccc(O)c(O)c1. The highest BCUT2D eigenvalue weighted by Gasteiger charge is 2.25. The third-order valence-corrected chi connectivity index (χ3v) is 1.92. The van der Waals surface area contributed by atoms with Gasteiger partial charge in [0.1, 0.15) is 6.04 Å². The molecule has 1 rings (SSSR count). The average molecular weight is 215 g/mol. The van der Waals surface area contributed by atoms with E-state index in [-0.39, 0.29) is 5.56 Å². The minimum Gasteiger partial charge on any atom is -0.504 e. The van der Waals surface area contributed by atoms with Crippen LogP contribution in [0.1, 0.15) is 11.7 Å². The molecule has 0 radical (unpaired) electrons. The Balaban J connectivity index is 2.96. The Morgan fingerprint density at radius 3 is 2.40 bits per heavy atom. The van der Waals surface area contributed by atoms with E-state index in [2.05, 4.69) is 0 Å². The zero-order valence-electron chi connectivity index (χ0n) is 7.59. The highest BCUT2D eigenvalue weighted by Crippen LogP contribution is 2.30. The summed E-state index contributed by atoms with van der Waals surface area (Å²) < 4.78 is 13.4. The minimum absolute atomic E-state index is 0.0970. The molecule has 6 heteroatoms. The second-order valence-electron chi connectivity index (χ2n) is 3.01. The third-order valence-electron chi connectivity index (χ3n) is 1.92. The van der Waals surface area contributed by atoms with Crippen LogP contribution in [-0.4, -0.2) is 27.3 Å². The van der Waals surface area contributed by atoms with Gasteiger partial charge in [-0.3, -0.25) is 4.79 Å². The van der Waals surface area contributed by atoms with Crippen molar-refractivity contribution in [1.29, 1.82) is 0 Å². The molecule has 0 saturated carbocycles. The van der Waals surface area contributed by atoms with Crippen LogP contribution >= 0.6 is 0 Å². The van der Waals surface area contributed by atoms with Gasteiger partial charge >= 0.3 is 5.97 Å². The Labute approximate surface area is 84.6 Å². The lowest BCUT2D eigenvalue weighted by molar-refractivity contribution is -0.140. The zero-order chi connectivity index (χ0) is 11.6. The van der Waals surface area contributed by atoms with E-state index in [0.29, 0.717) is 0 Å². The molecule has 0 aliphatic carbocycles. The Morgan fingerprint density at radius 2 is 1.93 bits per heavy atom. The van der Waals surface area contributed by atoms with Crippen LogP contribution in [0.3, 0.4) is 0 Å². The Morgan fingerprint density at radius 1 is 1.33 bits per heavy atom. The highest BCUT2D eigenvalue weighted by molar-refractivity contribution is 5.74. The summed E-state index contributed by atoms with van der Waals surface area (Å²) >= 11 is 0. The second kappa shape index (κ2) is 4.14. The molecule has 1 aromatic rings. The maximum absolute atomic E-state index is 13.4. The molecule has 0 spiro atoms. The Kier molecular flexibility index (Phi) is 3.11. The number of hydrogen-bond acceptors (Lipinski definition) is 4. The van der Waals surface area contributed by atoms with Crippen molar-refractivity contribution in [2.24, 2.45) is 5.73 Å². The van der Waals surface area contributed by atoms with E-state index in [0.717, 1.165) is 18.2 Å². The smallest absolute Gasteiger partial charge is 0.323 e. The number of carbonyl (C=O) groups is 1. The number of alkyl halides is 1. The first-order valence-electron chi connectivity index (χ1n) is 4.08. The number of rotatable bonds is 3. The van der Waals surface area contributed by atoms with Crippen molar-refractivity contribution in [2.75, 3.05) is 0 Å². The Bertz CT molecular complexity index is 382. The molecule has 15 heavy (non-hydrogen) atoms. The van der Waals surface area contributed by atoms with E-state index < -0.39 is 29.7 Å². The fraction of sp³-hybridized carbons (Fsp3) is 0.222. The van der Waals surface area contributed by atoms with Crippen molar-refractivity contribution >= 4 is 5.97 Å². The molecule has 0 aliphatic heterocycles. The maximum Gasteiger partial charge on any atom is 0.323 e. The minimum atomic E-state index is -1.94. The van der Waals surface area contributed by atoms with E-state index in [1.54, 1.807) is 0 Å². The van der Waals surface area contributed by atoms with Crippen LogP contribution in [0.2, 0.25) is 0 Å². The van der Waals surface area contributed by atoms with Crippen molar-refractivity contribution in [3.63, 3.8) is 0 Å². The van der Waals surface area contributed by atoms with Crippen molar-refractivity contribution in [2.45, 2.75) is 12.2 Å². The quantitative estimate of drug-likeness (QED) is 0.550. The summed E-state index contributed by atoms with van der Waals surface area (Å²) in [5.41, 5.74) is 4.96. The summed E-state index contributed by atoms with van der Waals surface area (Å²) in [7, 11) is 0. The van der Waals surface area contributed by atoms with E-state index in [9.17, 15) is 9.18 Å². The van der Waals surface area contributed by atoms with Crippen molar-refractivity contribution < 1.29 is 24.5 Å². The van der Waals surface area contributed by atoms with Gasteiger partial charge in [-0.2, -0.15) is 0 Å². The van der Waals surface area contributed by atoms with Crippen LogP contribution in [0.15, 0.2) is 18.2 Å². The first-order valence-corrected chi connectivity index (χ1v) is 4.08. The summed E-state index contributed by atoms with van der Waals surface area (Å²) in [5, 5.41) is 26.5. The number of aliphatic carboxylic acids is 1. The van der Waals surface area contributed by atoms with Gasteiger partial charge in [-0.05, 0) is 17.7 Å². The summed E-state index contributed by atoms with van der Waals surface area (Å²) in [6.07, 6.45) is -1.94. The monoisotopic (exact) mass is 215 g/mol. The summed E-state index contributed by atoms with van der Waals surface area (Å²) in [4.78, 5) is 10.4. The summed E-state index contributed by atoms with van der Waals surface area (Å²) in [6, 6.07) is 1.45. The van der Waals surface area contributed by atoms with Crippen LogP contribution < -0.4 is 5.73 Å². The first-order chi connectivity index (χ1) is 6.93. The Hall–Kier alpha value is -1.82. The van der Waals surface area contributed by atoms with Gasteiger partial charge in [0, 0.05) is 0 Å². The number of phenols is 2. The van der Waals surface area contributed by atoms with Crippen LogP contribution in [0.5, 0.6) is 11.5 Å². The predicted molar refractivity (Wildman–Crippen MR) is 49.2 cm³/mol. The third kappa shape index (κ3) is 2.35. The molecule has 82 valence electrons. The number of benzene rings is 1. The molecule has 0 heterocycles. The first kappa shape index (κ1) is 11.3. The number of halogens is 1. The van der Waals surface area contributed by atoms with Gasteiger partial charge < -0.3 is 21.1 Å². The lowest BCUT2D eigenvalue weighted by atomic mass is 10.0. The van der Waals surface area contributed by atoms with Crippen molar-refractivity contribution in [1.82, 2.24) is 0 Å². The topological polar surface area (TPSA) is 104 Å². The van der Waals surface area contributed by atoms with Crippen LogP contribution in [-0.2, 0) is 4.79 Å². The lowest BCUT2D eigenvalue weighted by Gasteiger charge is -2.13. The maximum atomic E-state index is 13.4. The molecule has 0 fully saturated rings. The molecule has 2 atom stereocenters. The highest BCUT2D eigenvalue weighted by atomic mass is 19.1. The van der Waals surface area contributed by atoms with Gasteiger partial charge in [0.25, 0.3) is 0 Å². The van der Waals surface area contributed by atoms with E-state index in [1.165, 1.54) is 0 Å². The predicted octanol–water partition coefficient (Wildman–Crippen LogP) is 0.520. The number of carboxylic acid groups (broad SMARTS) is 1. The fourth-order valence-corrected chi connectivity index (χ4v) is 1.04. The average Bonchev–Trinajstić information content (AvgIpc) is 2.19. The fourth-order valence-electron chi connectivity index (χ4n) is 1.04. The largest absolute Gasteiger partial charge is 0.504 e. The summed E-state index contributed by atoms with van der Waals surface area (Å²) in [6.45, 7) is 0. The molecule has 5 N–H and O–H groups in total. The molecule has 0 saturated heterocycles. The van der Waals surface area contributed by atoms with Crippen molar-refractivity contribution in [3.05, 3.63) is 23.8 Å². The summed E-state index contributed by atoms with van der Waals surface area (Å²) in [5.74, 6) is -2.40. The molecule has 0 aliphatic rings. The molecule has 1 unspecified atom stereocenters. The van der Waals surface area contributed by atoms with Gasteiger partial charge in [-0.1, -0.05) is 6.07 Å². The number of carboxylic acids is 1. The number of hydrogen-bond donors (Lipinski definition) is 4. The zero-order valence-corrected chi connectivity index (χ0v) is 7.59. The van der Waals surface area contributed by atoms with Crippen molar-refractivity contribution in [3.8, 4) is 11.5 Å². The molecular formula is C9H10FNO4. The normalized spacial score (nSPS) is 14.5. The van der Waals surface area contributed by atoms with E-state index in [1.807, 2.05) is 0 Å². The lowest BCUT2D eigenvalue weighted by Crippen LogP contribution is -2.34. The van der Waals surface area contributed by atoms with Gasteiger partial charge in [0.2, 0.25) is 0 Å². The van der Waals surface area contributed by atoms with Crippen LogP contribution in [0.4, 0.5) is 4.39 Å². The van der Waals surface area contributed by atoms with Gasteiger partial charge in [0.15, 0.2) is 17.7 Å². The second-order valence-corrected chi connectivity index (χ2v) is 3.01. The number of aromatic hydroxyl groups is 2. The molecule has 0 amide bonds. The van der Waals surface area contributed by atoms with Gasteiger partial charge in [-0.25, -0.2) is 4.39 Å². The molecular weight excluding hydrogens is 205 g/mol.